The summed E-state index contributed by atoms with van der Waals surface area (Å²) in [6.07, 6.45) is 7.26. The summed E-state index contributed by atoms with van der Waals surface area (Å²) in [6, 6.07) is 0.415. The molecule has 0 bridgehead atoms. The Balaban J connectivity index is 2.25. The summed E-state index contributed by atoms with van der Waals surface area (Å²) in [5.74, 6) is 0.575. The molecule has 1 N–H and O–H groups in total. The van der Waals surface area contributed by atoms with Crippen LogP contribution in [-0.4, -0.2) is 29.6 Å². The zero-order chi connectivity index (χ0) is 13.0. The third-order valence-corrected chi connectivity index (χ3v) is 3.58. The van der Waals surface area contributed by atoms with E-state index in [0.717, 1.165) is 19.4 Å². The number of rotatable bonds is 4. The fraction of sp³-hybridized carbons (Fsp3) is 0.692. The lowest BCUT2D eigenvalue weighted by atomic mass is 9.94. The summed E-state index contributed by atoms with van der Waals surface area (Å²) >= 11 is 0. The molecule has 0 atom stereocenters. The van der Waals surface area contributed by atoms with Crippen molar-refractivity contribution in [2.45, 2.75) is 45.1 Å². The highest BCUT2D eigenvalue weighted by atomic mass is 19.1. The van der Waals surface area contributed by atoms with Crippen molar-refractivity contribution < 1.29 is 4.39 Å². The number of hydrogen-bond acceptors (Lipinski definition) is 4. The molecule has 1 aromatic rings. The lowest BCUT2D eigenvalue weighted by molar-refractivity contribution is 0.412. The summed E-state index contributed by atoms with van der Waals surface area (Å²) in [5, 5.41) is 2.86. The minimum absolute atomic E-state index is 0.332. The van der Waals surface area contributed by atoms with Crippen molar-refractivity contribution in [2.24, 2.45) is 0 Å². The van der Waals surface area contributed by atoms with E-state index in [2.05, 4.69) is 27.1 Å². The molecule has 5 heteroatoms. The third kappa shape index (κ3) is 2.71. The van der Waals surface area contributed by atoms with Gasteiger partial charge < -0.3 is 10.2 Å². The first-order valence-corrected chi connectivity index (χ1v) is 6.73. The molecule has 2 rings (SSSR count). The molecule has 0 unspecified atom stereocenters. The maximum absolute atomic E-state index is 13.9. The molecule has 1 heterocycles. The Kier molecular flexibility index (Phi) is 4.33. The minimum atomic E-state index is -0.332. The predicted molar refractivity (Wildman–Crippen MR) is 71.4 cm³/mol. The Labute approximate surface area is 108 Å². The molecule has 0 saturated heterocycles. The molecule has 1 aliphatic carbocycles. The highest BCUT2D eigenvalue weighted by Crippen LogP contribution is 2.27. The largest absolute Gasteiger partial charge is 0.357 e. The lowest BCUT2D eigenvalue weighted by Gasteiger charge is -2.34. The highest BCUT2D eigenvalue weighted by Gasteiger charge is 2.23. The van der Waals surface area contributed by atoms with Crippen LogP contribution in [0.1, 0.15) is 39.0 Å². The maximum atomic E-state index is 13.9. The third-order valence-electron chi connectivity index (χ3n) is 3.58. The fourth-order valence-electron chi connectivity index (χ4n) is 2.65. The first-order chi connectivity index (χ1) is 8.76. The van der Waals surface area contributed by atoms with Crippen LogP contribution in [0.3, 0.4) is 0 Å². The van der Waals surface area contributed by atoms with Crippen LogP contribution in [0.25, 0.3) is 0 Å². The minimum Gasteiger partial charge on any atom is -0.357 e. The molecular formula is C13H21FN4. The van der Waals surface area contributed by atoms with Gasteiger partial charge in [0.15, 0.2) is 11.6 Å². The summed E-state index contributed by atoms with van der Waals surface area (Å²) in [4.78, 5) is 10.2. The molecule has 4 nitrogen and oxygen atoms in total. The second-order valence-electron chi connectivity index (χ2n) is 4.69. The van der Waals surface area contributed by atoms with Crippen LogP contribution in [0.15, 0.2) is 6.20 Å². The van der Waals surface area contributed by atoms with Gasteiger partial charge in [0.2, 0.25) is 5.95 Å². The molecule has 100 valence electrons. The predicted octanol–water partition coefficient (Wildman–Crippen LogP) is 2.82. The summed E-state index contributed by atoms with van der Waals surface area (Å²) in [5.41, 5.74) is 0. The Bertz CT molecular complexity index is 391. The molecule has 0 aliphatic heterocycles. The van der Waals surface area contributed by atoms with Crippen molar-refractivity contribution in [1.82, 2.24) is 9.97 Å². The number of nitrogens with zero attached hydrogens (tertiary/aromatic N) is 3. The topological polar surface area (TPSA) is 41.1 Å². The van der Waals surface area contributed by atoms with Crippen LogP contribution in [-0.2, 0) is 0 Å². The van der Waals surface area contributed by atoms with Gasteiger partial charge in [0.05, 0.1) is 6.20 Å². The van der Waals surface area contributed by atoms with Crippen LogP contribution >= 0.6 is 0 Å². The van der Waals surface area contributed by atoms with Gasteiger partial charge in [-0.15, -0.1) is 0 Å². The van der Waals surface area contributed by atoms with Gasteiger partial charge in [0, 0.05) is 19.6 Å². The first kappa shape index (κ1) is 13.1. The molecule has 1 aromatic heterocycles. The zero-order valence-corrected chi connectivity index (χ0v) is 11.1. The Hall–Kier alpha value is -1.39. The van der Waals surface area contributed by atoms with Gasteiger partial charge in [-0.2, -0.15) is 4.98 Å². The molecule has 0 amide bonds. The molecule has 1 fully saturated rings. The number of halogens is 1. The molecule has 0 radical (unpaired) electrons. The van der Waals surface area contributed by atoms with E-state index < -0.39 is 0 Å². The van der Waals surface area contributed by atoms with Crippen molar-refractivity contribution >= 4 is 11.8 Å². The molecular weight excluding hydrogens is 231 g/mol. The quantitative estimate of drug-likeness (QED) is 0.894. The molecule has 1 saturated carbocycles. The summed E-state index contributed by atoms with van der Waals surface area (Å²) < 4.78 is 13.9. The van der Waals surface area contributed by atoms with Crippen molar-refractivity contribution in [1.29, 1.82) is 0 Å². The normalized spacial score (nSPS) is 16.6. The summed E-state index contributed by atoms with van der Waals surface area (Å²) in [6.45, 7) is 2.83. The van der Waals surface area contributed by atoms with Gasteiger partial charge in [0.25, 0.3) is 0 Å². The van der Waals surface area contributed by atoms with Crippen molar-refractivity contribution in [3.8, 4) is 0 Å². The zero-order valence-electron chi connectivity index (χ0n) is 11.1. The average Bonchev–Trinajstić information content (AvgIpc) is 2.43. The van der Waals surface area contributed by atoms with Gasteiger partial charge in [0.1, 0.15) is 0 Å². The van der Waals surface area contributed by atoms with E-state index in [9.17, 15) is 4.39 Å². The number of anilines is 2. The van der Waals surface area contributed by atoms with E-state index in [1.54, 1.807) is 7.05 Å². The van der Waals surface area contributed by atoms with E-state index in [1.807, 2.05) is 0 Å². The van der Waals surface area contributed by atoms with Gasteiger partial charge in [-0.05, 0) is 19.8 Å². The molecule has 0 aromatic carbocycles. The van der Waals surface area contributed by atoms with Crippen molar-refractivity contribution in [3.63, 3.8) is 0 Å². The average molecular weight is 252 g/mol. The van der Waals surface area contributed by atoms with E-state index in [0.29, 0.717) is 17.8 Å². The monoisotopic (exact) mass is 252 g/mol. The molecule has 18 heavy (non-hydrogen) atoms. The number of nitrogens with one attached hydrogen (secondary N) is 1. The van der Waals surface area contributed by atoms with Crippen LogP contribution in [0, 0.1) is 5.82 Å². The second-order valence-corrected chi connectivity index (χ2v) is 4.69. The first-order valence-electron chi connectivity index (χ1n) is 6.73. The van der Waals surface area contributed by atoms with Crippen LogP contribution < -0.4 is 10.2 Å². The van der Waals surface area contributed by atoms with E-state index in [1.165, 1.54) is 25.5 Å². The van der Waals surface area contributed by atoms with Gasteiger partial charge in [-0.1, -0.05) is 19.3 Å². The number of aromatic nitrogens is 2. The highest BCUT2D eigenvalue weighted by molar-refractivity contribution is 5.44. The van der Waals surface area contributed by atoms with Crippen LogP contribution in [0.5, 0.6) is 0 Å². The molecule has 0 spiro atoms. The van der Waals surface area contributed by atoms with Crippen molar-refractivity contribution in [2.75, 3.05) is 23.8 Å². The van der Waals surface area contributed by atoms with Crippen molar-refractivity contribution in [3.05, 3.63) is 12.0 Å². The van der Waals surface area contributed by atoms with Gasteiger partial charge in [-0.3, -0.25) is 0 Å². The number of hydrogen-bond donors (Lipinski definition) is 1. The Morgan fingerprint density at radius 1 is 1.39 bits per heavy atom. The lowest BCUT2D eigenvalue weighted by Crippen LogP contribution is -2.38. The SMILES string of the molecule is CCN(c1nc(NC)ncc1F)C1CCCCC1. The molecule has 1 aliphatic rings. The maximum Gasteiger partial charge on any atom is 0.224 e. The van der Waals surface area contributed by atoms with Gasteiger partial charge in [-0.25, -0.2) is 9.37 Å². The Morgan fingerprint density at radius 3 is 2.72 bits per heavy atom. The van der Waals surface area contributed by atoms with E-state index in [-0.39, 0.29) is 5.82 Å². The summed E-state index contributed by atoms with van der Waals surface area (Å²) in [7, 11) is 1.74. The van der Waals surface area contributed by atoms with Crippen LogP contribution in [0.4, 0.5) is 16.2 Å². The smallest absolute Gasteiger partial charge is 0.224 e. The fourth-order valence-corrected chi connectivity index (χ4v) is 2.65. The van der Waals surface area contributed by atoms with E-state index in [4.69, 9.17) is 0 Å². The van der Waals surface area contributed by atoms with Gasteiger partial charge >= 0.3 is 0 Å². The standard InChI is InChI=1S/C13H21FN4/c1-3-18(10-7-5-4-6-8-10)12-11(14)9-16-13(15-2)17-12/h9-10H,3-8H2,1-2H3,(H,15,16,17). The van der Waals surface area contributed by atoms with Crippen LogP contribution in [0.2, 0.25) is 0 Å². The Morgan fingerprint density at radius 2 is 2.11 bits per heavy atom. The van der Waals surface area contributed by atoms with E-state index >= 15 is 0 Å². The second kappa shape index (κ2) is 5.98.